The van der Waals surface area contributed by atoms with E-state index in [-0.39, 0.29) is 25.0 Å². The largest absolute Gasteiger partial charge is 0.497 e. The number of sulfonamides is 1. The van der Waals surface area contributed by atoms with Gasteiger partial charge in [0.15, 0.2) is 11.5 Å². The third-order valence-electron chi connectivity index (χ3n) is 5.55. The second-order valence-electron chi connectivity index (χ2n) is 7.64. The Kier molecular flexibility index (Phi) is 7.05. The van der Waals surface area contributed by atoms with Gasteiger partial charge in [-0.2, -0.15) is 4.31 Å². The summed E-state index contributed by atoms with van der Waals surface area (Å²) in [5.41, 5.74) is 1.83. The van der Waals surface area contributed by atoms with Crippen molar-refractivity contribution < 1.29 is 27.4 Å². The number of amides is 1. The molecule has 2 aliphatic heterocycles. The van der Waals surface area contributed by atoms with Crippen molar-refractivity contribution in [2.45, 2.75) is 0 Å². The first-order valence-electron chi connectivity index (χ1n) is 10.7. The summed E-state index contributed by atoms with van der Waals surface area (Å²) in [6, 6.07) is 13.1. The van der Waals surface area contributed by atoms with Crippen molar-refractivity contribution in [3.05, 3.63) is 54.1 Å². The van der Waals surface area contributed by atoms with E-state index < -0.39 is 10.0 Å². The number of carbonyl (C=O) groups excluding carboxylic acids is 1. The third kappa shape index (κ3) is 5.77. The molecular formula is C23H27N3O6S. The van der Waals surface area contributed by atoms with Gasteiger partial charge in [0.25, 0.3) is 0 Å². The van der Waals surface area contributed by atoms with E-state index in [0.29, 0.717) is 37.7 Å². The lowest BCUT2D eigenvalue weighted by Crippen LogP contribution is -2.50. The van der Waals surface area contributed by atoms with Crippen molar-refractivity contribution in [2.24, 2.45) is 0 Å². The quantitative estimate of drug-likeness (QED) is 0.583. The van der Waals surface area contributed by atoms with E-state index in [1.54, 1.807) is 25.3 Å². The van der Waals surface area contributed by atoms with Crippen molar-refractivity contribution in [3.63, 3.8) is 0 Å². The van der Waals surface area contributed by atoms with Crippen LogP contribution in [0.15, 0.2) is 48.5 Å². The van der Waals surface area contributed by atoms with Gasteiger partial charge in [0.1, 0.15) is 5.75 Å². The number of hydrogen-bond donors (Lipinski definition) is 1. The summed E-state index contributed by atoms with van der Waals surface area (Å²) in [6.45, 7) is 2.27. The van der Waals surface area contributed by atoms with Crippen LogP contribution in [0.4, 0.5) is 5.69 Å². The third-order valence-corrected chi connectivity index (χ3v) is 7.42. The summed E-state index contributed by atoms with van der Waals surface area (Å²) in [6.07, 6.45) is 3.02. The molecule has 0 radical (unpaired) electrons. The van der Waals surface area contributed by atoms with Crippen molar-refractivity contribution >= 4 is 27.7 Å². The minimum Gasteiger partial charge on any atom is -0.497 e. The molecule has 176 valence electrons. The number of piperazine rings is 1. The molecule has 0 unspecified atom stereocenters. The number of carbonyl (C=O) groups is 1. The summed E-state index contributed by atoms with van der Waals surface area (Å²) in [7, 11) is -1.83. The first kappa shape index (κ1) is 22.9. The standard InChI is InChI=1S/C23H27N3O6S/c1-30-20-6-4-19(5-7-20)25-11-13-26(14-12-25)33(28,29)15-10-24-23(27)9-3-18-2-8-21-22(16-18)32-17-31-21/h2-9,16H,10-15,17H2,1H3,(H,24,27). The highest BCUT2D eigenvalue weighted by atomic mass is 32.2. The van der Waals surface area contributed by atoms with Crippen LogP contribution < -0.4 is 24.4 Å². The minimum absolute atomic E-state index is 0.0470. The number of hydrogen-bond acceptors (Lipinski definition) is 7. The lowest BCUT2D eigenvalue weighted by atomic mass is 10.2. The molecule has 2 aromatic carbocycles. The highest BCUT2D eigenvalue weighted by Gasteiger charge is 2.26. The van der Waals surface area contributed by atoms with Crippen molar-refractivity contribution in [1.82, 2.24) is 9.62 Å². The maximum atomic E-state index is 12.7. The molecule has 1 N–H and O–H groups in total. The van der Waals surface area contributed by atoms with Gasteiger partial charge in [-0.15, -0.1) is 0 Å². The number of fused-ring (bicyclic) bond motifs is 1. The van der Waals surface area contributed by atoms with Crippen molar-refractivity contribution in [1.29, 1.82) is 0 Å². The number of rotatable bonds is 8. The van der Waals surface area contributed by atoms with Gasteiger partial charge in [0.05, 0.1) is 12.9 Å². The van der Waals surface area contributed by atoms with Crippen LogP contribution in [-0.4, -0.2) is 71.0 Å². The smallest absolute Gasteiger partial charge is 0.244 e. The second-order valence-corrected chi connectivity index (χ2v) is 9.73. The molecule has 9 nitrogen and oxygen atoms in total. The fourth-order valence-electron chi connectivity index (χ4n) is 3.70. The number of benzene rings is 2. The van der Waals surface area contributed by atoms with E-state index >= 15 is 0 Å². The Labute approximate surface area is 193 Å². The molecule has 0 aliphatic carbocycles. The minimum atomic E-state index is -3.45. The van der Waals surface area contributed by atoms with Crippen LogP contribution >= 0.6 is 0 Å². The topological polar surface area (TPSA) is 97.4 Å². The molecule has 2 aliphatic rings. The molecule has 0 spiro atoms. The SMILES string of the molecule is COc1ccc(N2CCN(S(=O)(=O)CCNC(=O)C=Cc3ccc4c(c3)OCO4)CC2)cc1. The Hall–Kier alpha value is -3.24. The van der Waals surface area contributed by atoms with Gasteiger partial charge in [0, 0.05) is 44.5 Å². The molecule has 33 heavy (non-hydrogen) atoms. The van der Waals surface area contributed by atoms with Crippen molar-refractivity contribution in [2.75, 3.05) is 57.3 Å². The summed E-state index contributed by atoms with van der Waals surface area (Å²) in [4.78, 5) is 14.2. The van der Waals surface area contributed by atoms with E-state index in [9.17, 15) is 13.2 Å². The van der Waals surface area contributed by atoms with Crippen LogP contribution in [0.2, 0.25) is 0 Å². The lowest BCUT2D eigenvalue weighted by molar-refractivity contribution is -0.116. The summed E-state index contributed by atoms with van der Waals surface area (Å²) >= 11 is 0. The van der Waals surface area contributed by atoms with Gasteiger partial charge < -0.3 is 24.4 Å². The summed E-state index contributed by atoms with van der Waals surface area (Å²) in [5.74, 6) is 1.60. The molecule has 1 fully saturated rings. The van der Waals surface area contributed by atoms with Crippen LogP contribution in [0, 0.1) is 0 Å². The molecule has 1 saturated heterocycles. The average Bonchev–Trinajstić information content (AvgIpc) is 3.31. The second kappa shape index (κ2) is 10.1. The predicted molar refractivity (Wildman–Crippen MR) is 125 cm³/mol. The highest BCUT2D eigenvalue weighted by Crippen LogP contribution is 2.32. The zero-order valence-electron chi connectivity index (χ0n) is 18.4. The lowest BCUT2D eigenvalue weighted by Gasteiger charge is -2.35. The van der Waals surface area contributed by atoms with Gasteiger partial charge in [0.2, 0.25) is 22.7 Å². The normalized spacial score (nSPS) is 16.2. The van der Waals surface area contributed by atoms with Gasteiger partial charge in [-0.05, 0) is 48.0 Å². The molecule has 2 heterocycles. The van der Waals surface area contributed by atoms with E-state index in [1.165, 1.54) is 10.4 Å². The zero-order chi connectivity index (χ0) is 23.3. The fraction of sp³-hybridized carbons (Fsp3) is 0.348. The maximum absolute atomic E-state index is 12.7. The van der Waals surface area contributed by atoms with Crippen LogP contribution in [0.1, 0.15) is 5.56 Å². The Bertz CT molecular complexity index is 1110. The molecular weight excluding hydrogens is 446 g/mol. The zero-order valence-corrected chi connectivity index (χ0v) is 19.2. The average molecular weight is 474 g/mol. The number of nitrogens with zero attached hydrogens (tertiary/aromatic N) is 2. The number of methoxy groups -OCH3 is 1. The van der Waals surface area contributed by atoms with E-state index in [4.69, 9.17) is 14.2 Å². The molecule has 4 rings (SSSR count). The predicted octanol–water partition coefficient (Wildman–Crippen LogP) is 1.71. The summed E-state index contributed by atoms with van der Waals surface area (Å²) in [5, 5.41) is 2.64. The Morgan fingerprint density at radius 3 is 2.52 bits per heavy atom. The highest BCUT2D eigenvalue weighted by molar-refractivity contribution is 7.89. The molecule has 0 bridgehead atoms. The van der Waals surface area contributed by atoms with Crippen LogP contribution in [0.5, 0.6) is 17.2 Å². The number of anilines is 1. The molecule has 1 amide bonds. The van der Waals surface area contributed by atoms with Gasteiger partial charge in [-0.1, -0.05) is 6.07 Å². The van der Waals surface area contributed by atoms with Gasteiger partial charge in [-0.3, -0.25) is 4.79 Å². The molecule has 0 aromatic heterocycles. The Morgan fingerprint density at radius 2 is 1.79 bits per heavy atom. The first-order valence-corrected chi connectivity index (χ1v) is 12.3. The van der Waals surface area contributed by atoms with Gasteiger partial charge >= 0.3 is 0 Å². The van der Waals surface area contributed by atoms with Crippen LogP contribution in [0.25, 0.3) is 6.08 Å². The summed E-state index contributed by atoms with van der Waals surface area (Å²) < 4.78 is 42.6. The first-order chi connectivity index (χ1) is 15.9. The van der Waals surface area contributed by atoms with Gasteiger partial charge in [-0.25, -0.2) is 8.42 Å². The van der Waals surface area contributed by atoms with E-state index in [0.717, 1.165) is 17.0 Å². The Balaban J connectivity index is 1.21. The monoisotopic (exact) mass is 473 g/mol. The molecule has 10 heteroatoms. The number of ether oxygens (including phenoxy) is 3. The van der Waals surface area contributed by atoms with Crippen LogP contribution in [-0.2, 0) is 14.8 Å². The maximum Gasteiger partial charge on any atom is 0.244 e. The van der Waals surface area contributed by atoms with E-state index in [2.05, 4.69) is 10.2 Å². The molecule has 2 aromatic rings. The molecule has 0 atom stereocenters. The van der Waals surface area contributed by atoms with Crippen molar-refractivity contribution in [3.8, 4) is 17.2 Å². The van der Waals surface area contributed by atoms with Crippen LogP contribution in [0.3, 0.4) is 0 Å². The Morgan fingerprint density at radius 1 is 1.06 bits per heavy atom. The fourth-order valence-corrected chi connectivity index (χ4v) is 5.04. The van der Waals surface area contributed by atoms with E-state index in [1.807, 2.05) is 30.3 Å². The molecule has 0 saturated carbocycles. The number of nitrogens with one attached hydrogen (secondary N) is 1.